The molecular formula is C23H32N4O3. The van der Waals surface area contributed by atoms with Crippen LogP contribution >= 0.6 is 0 Å². The molecule has 0 aliphatic carbocycles. The zero-order chi connectivity index (χ0) is 21.5. The van der Waals surface area contributed by atoms with Crippen molar-refractivity contribution in [2.75, 3.05) is 18.4 Å². The Balaban J connectivity index is 1.77. The normalized spacial score (nSPS) is 29.1. The van der Waals surface area contributed by atoms with E-state index < -0.39 is 17.4 Å². The van der Waals surface area contributed by atoms with E-state index in [0.717, 1.165) is 43.5 Å². The summed E-state index contributed by atoms with van der Waals surface area (Å²) in [6.45, 7) is 5.12. The Morgan fingerprint density at radius 1 is 1.27 bits per heavy atom. The van der Waals surface area contributed by atoms with Crippen LogP contribution in [-0.2, 0) is 26.2 Å². The van der Waals surface area contributed by atoms with Gasteiger partial charge in [0.2, 0.25) is 17.7 Å². The summed E-state index contributed by atoms with van der Waals surface area (Å²) in [6, 6.07) is 4.95. The summed E-state index contributed by atoms with van der Waals surface area (Å²) in [4.78, 5) is 40.6. The average Bonchev–Trinajstić information content (AvgIpc) is 3.22. The van der Waals surface area contributed by atoms with Crippen molar-refractivity contribution in [2.45, 2.75) is 69.9 Å². The van der Waals surface area contributed by atoms with E-state index in [1.165, 1.54) is 5.56 Å². The molecule has 1 aromatic rings. The van der Waals surface area contributed by atoms with Crippen molar-refractivity contribution in [1.29, 1.82) is 0 Å². The Morgan fingerprint density at radius 2 is 2.07 bits per heavy atom. The van der Waals surface area contributed by atoms with Gasteiger partial charge < -0.3 is 21.3 Å². The number of hydrogen-bond acceptors (Lipinski definition) is 4. The van der Waals surface area contributed by atoms with Gasteiger partial charge in [0.1, 0.15) is 6.04 Å². The molecule has 1 saturated heterocycles. The van der Waals surface area contributed by atoms with Crippen LogP contribution in [0.2, 0.25) is 0 Å². The van der Waals surface area contributed by atoms with Gasteiger partial charge in [0.15, 0.2) is 0 Å². The van der Waals surface area contributed by atoms with Crippen LogP contribution in [0.3, 0.4) is 0 Å². The van der Waals surface area contributed by atoms with Crippen LogP contribution in [0.5, 0.6) is 0 Å². The first-order valence-electron chi connectivity index (χ1n) is 11.1. The van der Waals surface area contributed by atoms with E-state index in [9.17, 15) is 14.4 Å². The number of rotatable bonds is 3. The molecule has 3 atom stereocenters. The Morgan fingerprint density at radius 3 is 2.80 bits per heavy atom. The van der Waals surface area contributed by atoms with Gasteiger partial charge in [-0.05, 0) is 61.8 Å². The predicted molar refractivity (Wildman–Crippen MR) is 115 cm³/mol. The van der Waals surface area contributed by atoms with Gasteiger partial charge >= 0.3 is 0 Å². The SMILES string of the molecule is CC(C)C[C@@H]1NCCCCCc2ccc3c(c2)[C@@]2(C[C@@H](C(N)=O)N(C2)C1=O)C(=O)N3. The number of carbonyl (C=O) groups is 3. The van der Waals surface area contributed by atoms with E-state index in [0.29, 0.717) is 12.3 Å². The lowest BCUT2D eigenvalue weighted by Crippen LogP contribution is -2.52. The van der Waals surface area contributed by atoms with Gasteiger partial charge in [-0.25, -0.2) is 0 Å². The number of fused-ring (bicyclic) bond motifs is 2. The molecule has 1 fully saturated rings. The molecule has 30 heavy (non-hydrogen) atoms. The van der Waals surface area contributed by atoms with E-state index in [1.54, 1.807) is 4.90 Å². The Kier molecular flexibility index (Phi) is 5.57. The Bertz CT molecular complexity index is 868. The van der Waals surface area contributed by atoms with Gasteiger partial charge in [-0.15, -0.1) is 0 Å². The number of nitrogens with two attached hydrogens (primary N) is 1. The first-order chi connectivity index (χ1) is 14.3. The molecule has 3 aliphatic rings. The molecule has 3 heterocycles. The number of anilines is 1. The average molecular weight is 413 g/mol. The van der Waals surface area contributed by atoms with Crippen LogP contribution in [0, 0.1) is 5.92 Å². The maximum atomic E-state index is 13.6. The van der Waals surface area contributed by atoms with Gasteiger partial charge in [-0.3, -0.25) is 14.4 Å². The quantitative estimate of drug-likeness (QED) is 0.703. The fraction of sp³-hybridized carbons (Fsp3) is 0.609. The highest BCUT2D eigenvalue weighted by molar-refractivity contribution is 6.08. The molecule has 3 aliphatic heterocycles. The van der Waals surface area contributed by atoms with Crippen LogP contribution in [-0.4, -0.2) is 47.8 Å². The fourth-order valence-corrected chi connectivity index (χ4v) is 5.22. The summed E-state index contributed by atoms with van der Waals surface area (Å²) in [7, 11) is 0. The molecule has 4 rings (SSSR count). The van der Waals surface area contributed by atoms with Gasteiger partial charge in [0.05, 0.1) is 11.5 Å². The summed E-state index contributed by atoms with van der Waals surface area (Å²) in [5, 5.41) is 6.39. The number of aryl methyl sites for hydroxylation is 1. The highest BCUT2D eigenvalue weighted by atomic mass is 16.2. The third-order valence-electron chi connectivity index (χ3n) is 6.79. The largest absolute Gasteiger partial charge is 0.368 e. The summed E-state index contributed by atoms with van der Waals surface area (Å²) >= 11 is 0. The van der Waals surface area contributed by atoms with Crippen molar-refractivity contribution in [2.24, 2.45) is 11.7 Å². The molecule has 7 heteroatoms. The molecular weight excluding hydrogens is 380 g/mol. The fourth-order valence-electron chi connectivity index (χ4n) is 5.22. The minimum absolute atomic E-state index is 0.126. The third kappa shape index (κ3) is 3.60. The number of hydrogen-bond donors (Lipinski definition) is 3. The van der Waals surface area contributed by atoms with Gasteiger partial charge in [-0.1, -0.05) is 32.4 Å². The molecule has 3 amide bonds. The standard InChI is InChI=1S/C23H32N4O3/c1-14(2)10-18-21(29)27-13-23(12-19(27)20(24)28)16-11-15(6-4-3-5-9-25-18)7-8-17(16)26-22(23)30/h7-8,11,14,18-19,25H,3-6,9-10,12-13H2,1-2H3,(H2,24,28)(H,26,30)/t18-,19-,23-/m0/s1. The van der Waals surface area contributed by atoms with E-state index in [2.05, 4.69) is 36.6 Å². The molecule has 0 unspecified atom stereocenters. The number of nitrogens with zero attached hydrogens (tertiary/aromatic N) is 1. The topological polar surface area (TPSA) is 105 Å². The molecule has 1 spiro atoms. The third-order valence-corrected chi connectivity index (χ3v) is 6.79. The lowest BCUT2D eigenvalue weighted by atomic mass is 9.78. The van der Waals surface area contributed by atoms with Gasteiger partial charge in [0.25, 0.3) is 0 Å². The zero-order valence-corrected chi connectivity index (χ0v) is 17.9. The lowest BCUT2D eigenvalue weighted by Gasteiger charge is -2.29. The molecule has 4 bridgehead atoms. The zero-order valence-electron chi connectivity index (χ0n) is 17.9. The highest BCUT2D eigenvalue weighted by Gasteiger charge is 2.57. The van der Waals surface area contributed by atoms with E-state index in [4.69, 9.17) is 5.73 Å². The molecule has 7 nitrogen and oxygen atoms in total. The maximum absolute atomic E-state index is 13.6. The van der Waals surface area contributed by atoms with Crippen LogP contribution in [0.15, 0.2) is 18.2 Å². The lowest BCUT2D eigenvalue weighted by molar-refractivity contribution is -0.139. The number of nitrogens with one attached hydrogen (secondary N) is 2. The van der Waals surface area contributed by atoms with E-state index >= 15 is 0 Å². The van der Waals surface area contributed by atoms with E-state index in [-0.39, 0.29) is 30.8 Å². The van der Waals surface area contributed by atoms with Crippen molar-refractivity contribution in [3.63, 3.8) is 0 Å². The number of benzene rings is 1. The maximum Gasteiger partial charge on any atom is 0.240 e. The monoisotopic (exact) mass is 412 g/mol. The minimum Gasteiger partial charge on any atom is -0.368 e. The summed E-state index contributed by atoms with van der Waals surface area (Å²) in [5.74, 6) is -0.493. The molecule has 162 valence electrons. The van der Waals surface area contributed by atoms with Gasteiger partial charge in [0, 0.05) is 12.2 Å². The summed E-state index contributed by atoms with van der Waals surface area (Å²) in [6.07, 6.45) is 5.01. The molecule has 0 saturated carbocycles. The van der Waals surface area contributed by atoms with E-state index in [1.807, 2.05) is 6.07 Å². The van der Waals surface area contributed by atoms with Crippen LogP contribution in [0.25, 0.3) is 0 Å². The molecule has 0 radical (unpaired) electrons. The number of primary amides is 1. The summed E-state index contributed by atoms with van der Waals surface area (Å²) < 4.78 is 0. The smallest absolute Gasteiger partial charge is 0.240 e. The van der Waals surface area contributed by atoms with Crippen LogP contribution in [0.4, 0.5) is 5.69 Å². The van der Waals surface area contributed by atoms with Crippen LogP contribution < -0.4 is 16.4 Å². The number of carbonyl (C=O) groups excluding carboxylic acids is 3. The second-order valence-electron chi connectivity index (χ2n) is 9.45. The highest BCUT2D eigenvalue weighted by Crippen LogP contribution is 2.47. The second-order valence-corrected chi connectivity index (χ2v) is 9.45. The first-order valence-corrected chi connectivity index (χ1v) is 11.1. The summed E-state index contributed by atoms with van der Waals surface area (Å²) in [5.41, 5.74) is 7.69. The van der Waals surface area contributed by atoms with Crippen molar-refractivity contribution < 1.29 is 14.4 Å². The minimum atomic E-state index is -0.910. The Hall–Kier alpha value is -2.41. The van der Waals surface area contributed by atoms with Gasteiger partial charge in [-0.2, -0.15) is 0 Å². The van der Waals surface area contributed by atoms with Crippen molar-refractivity contribution in [3.8, 4) is 0 Å². The van der Waals surface area contributed by atoms with Crippen molar-refractivity contribution in [1.82, 2.24) is 10.2 Å². The van der Waals surface area contributed by atoms with Crippen molar-refractivity contribution >= 4 is 23.4 Å². The molecule has 0 aromatic heterocycles. The molecule has 1 aromatic carbocycles. The first kappa shape index (κ1) is 20.8. The predicted octanol–water partition coefficient (Wildman–Crippen LogP) is 1.69. The second kappa shape index (κ2) is 8.02. The molecule has 4 N–H and O–H groups in total. The Labute approximate surface area is 177 Å². The van der Waals surface area contributed by atoms with Crippen LogP contribution in [0.1, 0.15) is 57.1 Å². The van der Waals surface area contributed by atoms with Crippen molar-refractivity contribution in [3.05, 3.63) is 29.3 Å². The number of amides is 3.